The summed E-state index contributed by atoms with van der Waals surface area (Å²) in [7, 11) is 1.92. The van der Waals surface area contributed by atoms with E-state index in [1.165, 1.54) is 0 Å². The molecule has 6 rings (SSSR count). The molecule has 0 bridgehead atoms. The molecular formula is C26H22N10. The molecule has 6 aromatic rings. The van der Waals surface area contributed by atoms with Gasteiger partial charge in [0.05, 0.1) is 46.2 Å². The van der Waals surface area contributed by atoms with Gasteiger partial charge in [0.2, 0.25) is 5.95 Å². The molecule has 0 saturated heterocycles. The fraction of sp³-hybridized carbons (Fsp3) is 0.154. The van der Waals surface area contributed by atoms with Crippen molar-refractivity contribution in [1.82, 2.24) is 39.1 Å². The topological polar surface area (TPSA) is 129 Å². The van der Waals surface area contributed by atoms with Crippen LogP contribution >= 0.6 is 0 Å². The molecule has 0 spiro atoms. The molecule has 4 aromatic heterocycles. The van der Waals surface area contributed by atoms with Crippen LogP contribution in [0.25, 0.3) is 39.1 Å². The van der Waals surface area contributed by atoms with E-state index in [0.29, 0.717) is 41.3 Å². The molecule has 0 aliphatic rings. The van der Waals surface area contributed by atoms with Crippen LogP contribution in [-0.2, 0) is 20.0 Å². The molecular weight excluding hydrogens is 452 g/mol. The lowest BCUT2D eigenvalue weighted by Gasteiger charge is -2.13. The van der Waals surface area contributed by atoms with Gasteiger partial charge < -0.3 is 5.73 Å². The minimum absolute atomic E-state index is 0.184. The Morgan fingerprint density at radius 3 is 2.64 bits per heavy atom. The van der Waals surface area contributed by atoms with Crippen LogP contribution in [0.3, 0.4) is 0 Å². The summed E-state index contributed by atoms with van der Waals surface area (Å²) in [6, 6.07) is 19.6. The summed E-state index contributed by atoms with van der Waals surface area (Å²) in [5.74, 6) is 0.755. The van der Waals surface area contributed by atoms with E-state index in [1.54, 1.807) is 16.8 Å². The quantitative estimate of drug-likeness (QED) is 0.404. The van der Waals surface area contributed by atoms with Crippen molar-refractivity contribution in [2.75, 3.05) is 5.73 Å². The number of hydrogen-bond donors (Lipinski definition) is 1. The monoisotopic (exact) mass is 474 g/mol. The Balaban J connectivity index is 1.60. The molecule has 0 radical (unpaired) electrons. The van der Waals surface area contributed by atoms with Crippen molar-refractivity contribution < 1.29 is 0 Å². The number of aryl methyl sites for hydroxylation is 2. The Bertz CT molecular complexity index is 1800. The standard InChI is InChI=1S/C26H22N10/c1-3-35-21(12-13-29-35)23-24(17-9-5-4-8-16(17)15-27)31-26(28)36-25(23)30-22(33-36)14-19-18-10-6-7-11-20(18)34(2)32-19/h4-13H,3,14H2,1-2H3,(H2,28,31). The van der Waals surface area contributed by atoms with E-state index >= 15 is 0 Å². The Labute approximate surface area is 206 Å². The number of anilines is 1. The lowest BCUT2D eigenvalue weighted by Crippen LogP contribution is -2.08. The molecule has 0 saturated carbocycles. The van der Waals surface area contributed by atoms with Crippen LogP contribution in [0.1, 0.15) is 24.0 Å². The molecule has 0 aliphatic carbocycles. The summed E-state index contributed by atoms with van der Waals surface area (Å²) < 4.78 is 5.28. The van der Waals surface area contributed by atoms with Crippen molar-refractivity contribution in [3.8, 4) is 28.6 Å². The van der Waals surface area contributed by atoms with E-state index in [9.17, 15) is 5.26 Å². The van der Waals surface area contributed by atoms with Crippen LogP contribution in [0.2, 0.25) is 0 Å². The number of hydrogen-bond acceptors (Lipinski definition) is 7. The molecule has 36 heavy (non-hydrogen) atoms. The van der Waals surface area contributed by atoms with E-state index in [-0.39, 0.29) is 5.95 Å². The Hall–Kier alpha value is -5.04. The molecule has 4 heterocycles. The van der Waals surface area contributed by atoms with Gasteiger partial charge in [0.15, 0.2) is 11.5 Å². The lowest BCUT2D eigenvalue weighted by atomic mass is 9.99. The third kappa shape index (κ3) is 3.29. The number of rotatable bonds is 5. The minimum atomic E-state index is 0.184. The number of aromatic nitrogens is 8. The highest BCUT2D eigenvalue weighted by Gasteiger charge is 2.24. The molecule has 2 aromatic carbocycles. The first-order valence-corrected chi connectivity index (χ1v) is 11.6. The molecule has 2 N–H and O–H groups in total. The predicted octanol–water partition coefficient (Wildman–Crippen LogP) is 3.61. The van der Waals surface area contributed by atoms with Gasteiger partial charge in [-0.2, -0.15) is 20.0 Å². The second kappa shape index (κ2) is 8.32. The minimum Gasteiger partial charge on any atom is -0.368 e. The molecule has 0 fully saturated rings. The maximum absolute atomic E-state index is 9.77. The Morgan fingerprint density at radius 2 is 1.81 bits per heavy atom. The van der Waals surface area contributed by atoms with Crippen molar-refractivity contribution >= 4 is 22.5 Å². The maximum atomic E-state index is 9.77. The normalized spacial score (nSPS) is 11.4. The van der Waals surface area contributed by atoms with Crippen LogP contribution in [0.4, 0.5) is 5.95 Å². The Kier molecular flexibility index (Phi) is 4.97. The number of nitrogens with zero attached hydrogens (tertiary/aromatic N) is 9. The van der Waals surface area contributed by atoms with Gasteiger partial charge in [0, 0.05) is 30.7 Å². The van der Waals surface area contributed by atoms with E-state index in [2.05, 4.69) is 11.2 Å². The van der Waals surface area contributed by atoms with Crippen molar-refractivity contribution in [3.05, 3.63) is 77.9 Å². The summed E-state index contributed by atoms with van der Waals surface area (Å²) in [5.41, 5.74) is 12.2. The predicted molar refractivity (Wildman–Crippen MR) is 136 cm³/mol. The fourth-order valence-electron chi connectivity index (χ4n) is 4.66. The smallest absolute Gasteiger partial charge is 0.223 e. The highest BCUT2D eigenvalue weighted by Crippen LogP contribution is 2.36. The zero-order chi connectivity index (χ0) is 24.8. The third-order valence-corrected chi connectivity index (χ3v) is 6.29. The summed E-state index contributed by atoms with van der Waals surface area (Å²) in [6.45, 7) is 2.67. The van der Waals surface area contributed by atoms with Crippen LogP contribution in [-0.4, -0.2) is 39.1 Å². The van der Waals surface area contributed by atoms with Crippen LogP contribution in [0.5, 0.6) is 0 Å². The molecule has 0 unspecified atom stereocenters. The van der Waals surface area contributed by atoms with Crippen molar-refractivity contribution in [2.24, 2.45) is 7.05 Å². The summed E-state index contributed by atoms with van der Waals surface area (Å²) in [6.07, 6.45) is 2.17. The lowest BCUT2D eigenvalue weighted by molar-refractivity contribution is 0.667. The van der Waals surface area contributed by atoms with E-state index in [0.717, 1.165) is 27.9 Å². The number of para-hydroxylation sites is 1. The first-order valence-electron chi connectivity index (χ1n) is 11.6. The van der Waals surface area contributed by atoms with E-state index < -0.39 is 0 Å². The van der Waals surface area contributed by atoms with Gasteiger partial charge >= 0.3 is 0 Å². The second-order valence-electron chi connectivity index (χ2n) is 8.41. The van der Waals surface area contributed by atoms with Gasteiger partial charge in [-0.25, -0.2) is 9.97 Å². The molecule has 10 nitrogen and oxygen atoms in total. The second-order valence-corrected chi connectivity index (χ2v) is 8.41. The molecule has 0 atom stereocenters. The molecule has 0 amide bonds. The first kappa shape index (κ1) is 21.5. The average Bonchev–Trinajstić information content (AvgIpc) is 3.62. The molecule has 176 valence electrons. The first-order chi connectivity index (χ1) is 17.6. The average molecular weight is 475 g/mol. The van der Waals surface area contributed by atoms with E-state index in [1.807, 2.05) is 71.9 Å². The SMILES string of the molecule is CCn1nccc1-c1c(-c2ccccc2C#N)nc(N)n2nc(Cc3nn(C)c4ccccc34)nc12. The summed E-state index contributed by atoms with van der Waals surface area (Å²) in [5, 5.41) is 24.7. The molecule has 0 aliphatic heterocycles. The number of nitrogens with two attached hydrogens (primary N) is 1. The van der Waals surface area contributed by atoms with Gasteiger partial charge in [-0.1, -0.05) is 36.4 Å². The van der Waals surface area contributed by atoms with Gasteiger partial charge in [-0.15, -0.1) is 5.10 Å². The van der Waals surface area contributed by atoms with Crippen LogP contribution in [0.15, 0.2) is 60.8 Å². The third-order valence-electron chi connectivity index (χ3n) is 6.29. The maximum Gasteiger partial charge on any atom is 0.223 e. The molecule has 10 heteroatoms. The van der Waals surface area contributed by atoms with Crippen LogP contribution in [0, 0.1) is 11.3 Å². The van der Waals surface area contributed by atoms with Gasteiger partial charge in [-0.05, 0) is 25.1 Å². The highest BCUT2D eigenvalue weighted by molar-refractivity contribution is 5.91. The van der Waals surface area contributed by atoms with Gasteiger partial charge in [0.1, 0.15) is 0 Å². The number of nitrogen functional groups attached to an aromatic ring is 1. The van der Waals surface area contributed by atoms with Crippen molar-refractivity contribution in [2.45, 2.75) is 19.9 Å². The summed E-state index contributed by atoms with van der Waals surface area (Å²) in [4.78, 5) is 9.63. The Morgan fingerprint density at radius 1 is 1.00 bits per heavy atom. The van der Waals surface area contributed by atoms with Gasteiger partial charge in [0.25, 0.3) is 0 Å². The largest absolute Gasteiger partial charge is 0.368 e. The highest BCUT2D eigenvalue weighted by atomic mass is 15.4. The zero-order valence-corrected chi connectivity index (χ0v) is 19.8. The fourth-order valence-corrected chi connectivity index (χ4v) is 4.66. The zero-order valence-electron chi connectivity index (χ0n) is 19.8. The summed E-state index contributed by atoms with van der Waals surface area (Å²) >= 11 is 0. The number of fused-ring (bicyclic) bond motifs is 2. The number of nitriles is 1. The van der Waals surface area contributed by atoms with E-state index in [4.69, 9.17) is 25.9 Å². The van der Waals surface area contributed by atoms with Crippen molar-refractivity contribution in [3.63, 3.8) is 0 Å². The van der Waals surface area contributed by atoms with Crippen molar-refractivity contribution in [1.29, 1.82) is 5.26 Å². The number of benzene rings is 2. The van der Waals surface area contributed by atoms with Crippen LogP contribution < -0.4 is 5.73 Å². The van der Waals surface area contributed by atoms with Gasteiger partial charge in [-0.3, -0.25) is 9.36 Å².